The highest BCUT2D eigenvalue weighted by molar-refractivity contribution is 14.0. The summed E-state index contributed by atoms with van der Waals surface area (Å²) in [5.41, 5.74) is 2.73. The van der Waals surface area contributed by atoms with Crippen molar-refractivity contribution < 1.29 is 4.74 Å². The Balaban J connectivity index is 0.00000320. The summed E-state index contributed by atoms with van der Waals surface area (Å²) in [6.07, 6.45) is 6.35. The molecule has 6 nitrogen and oxygen atoms in total. The molecule has 1 atom stereocenters. The number of aromatic nitrogens is 2. The van der Waals surface area contributed by atoms with Gasteiger partial charge in [0.2, 0.25) is 0 Å². The molecule has 2 aromatic rings. The lowest BCUT2D eigenvalue weighted by Crippen LogP contribution is -2.41. The van der Waals surface area contributed by atoms with Crippen molar-refractivity contribution in [1.82, 2.24) is 20.0 Å². The van der Waals surface area contributed by atoms with Crippen molar-refractivity contribution in [2.45, 2.75) is 39.0 Å². The second-order valence-electron chi connectivity index (χ2n) is 8.93. The van der Waals surface area contributed by atoms with Gasteiger partial charge in [-0.15, -0.1) is 24.0 Å². The summed E-state index contributed by atoms with van der Waals surface area (Å²) in [5, 5.41) is 7.73. The third-order valence-corrected chi connectivity index (χ3v) is 5.43. The molecule has 7 heteroatoms. The van der Waals surface area contributed by atoms with Crippen LogP contribution in [0.2, 0.25) is 0 Å². The van der Waals surface area contributed by atoms with Gasteiger partial charge in [-0.05, 0) is 47.4 Å². The Morgan fingerprint density at radius 3 is 2.80 bits per heavy atom. The molecule has 0 saturated carbocycles. The number of halogens is 1. The van der Waals surface area contributed by atoms with Crippen molar-refractivity contribution in [3.63, 3.8) is 0 Å². The van der Waals surface area contributed by atoms with Crippen LogP contribution in [0.5, 0.6) is 5.75 Å². The Morgan fingerprint density at radius 1 is 1.33 bits per heavy atom. The molecule has 0 bridgehead atoms. The van der Waals surface area contributed by atoms with E-state index in [1.54, 1.807) is 0 Å². The van der Waals surface area contributed by atoms with Gasteiger partial charge < -0.3 is 15.0 Å². The minimum atomic E-state index is 0. The van der Waals surface area contributed by atoms with Gasteiger partial charge in [-0.3, -0.25) is 9.67 Å². The quantitative estimate of drug-likeness (QED) is 0.270. The molecule has 1 N–H and O–H groups in total. The van der Waals surface area contributed by atoms with Crippen LogP contribution in [-0.4, -0.2) is 53.9 Å². The molecular formula is C23H36IN5O. The van der Waals surface area contributed by atoms with Crippen LogP contribution in [0.1, 0.15) is 38.3 Å². The summed E-state index contributed by atoms with van der Waals surface area (Å²) in [7, 11) is 3.82. The number of nitrogens with one attached hydrogen (secondary N) is 1. The Labute approximate surface area is 198 Å². The number of likely N-dealkylation sites (tertiary alicyclic amines) is 1. The zero-order chi connectivity index (χ0) is 20.9. The Kier molecular flexibility index (Phi) is 9.00. The minimum Gasteiger partial charge on any atom is -0.492 e. The number of rotatable bonds is 6. The van der Waals surface area contributed by atoms with Gasteiger partial charge in [-0.2, -0.15) is 5.10 Å². The van der Waals surface area contributed by atoms with Gasteiger partial charge in [0, 0.05) is 33.4 Å². The van der Waals surface area contributed by atoms with E-state index in [1.165, 1.54) is 17.5 Å². The monoisotopic (exact) mass is 525 g/mol. The van der Waals surface area contributed by atoms with Gasteiger partial charge in [0.25, 0.3) is 0 Å². The number of nitrogens with zero attached hydrogens (tertiary/aromatic N) is 4. The summed E-state index contributed by atoms with van der Waals surface area (Å²) in [6, 6.07) is 8.38. The summed E-state index contributed by atoms with van der Waals surface area (Å²) >= 11 is 0. The molecule has 1 fully saturated rings. The first kappa shape index (κ1) is 24.5. The molecule has 1 saturated heterocycles. The Morgan fingerprint density at radius 2 is 2.13 bits per heavy atom. The van der Waals surface area contributed by atoms with Crippen LogP contribution in [0.25, 0.3) is 0 Å². The molecule has 0 radical (unpaired) electrons. The van der Waals surface area contributed by atoms with Crippen molar-refractivity contribution in [3.05, 3.63) is 47.8 Å². The fourth-order valence-electron chi connectivity index (χ4n) is 3.82. The zero-order valence-corrected chi connectivity index (χ0v) is 21.2. The van der Waals surface area contributed by atoms with Gasteiger partial charge in [0.1, 0.15) is 12.4 Å². The lowest BCUT2D eigenvalue weighted by molar-refractivity contribution is 0.318. The summed E-state index contributed by atoms with van der Waals surface area (Å²) in [5.74, 6) is 2.53. The lowest BCUT2D eigenvalue weighted by Gasteiger charge is -2.22. The molecule has 0 spiro atoms. The third-order valence-electron chi connectivity index (χ3n) is 5.43. The number of aryl methyl sites for hydroxylation is 1. The van der Waals surface area contributed by atoms with Gasteiger partial charge in [0.15, 0.2) is 5.96 Å². The predicted molar refractivity (Wildman–Crippen MR) is 134 cm³/mol. The standard InChI is InChI=1S/C23H35N5O.HI/c1-23(2,3)20-7-6-8-21(14-20)29-12-10-25-22(24-4)28-11-9-18(17-28)13-19-15-26-27(5)16-19;/h6-8,14-16,18H,9-13,17H2,1-5H3,(H,24,25);1H. The van der Waals surface area contributed by atoms with Crippen LogP contribution in [0, 0.1) is 5.92 Å². The normalized spacial score (nSPS) is 17.0. The predicted octanol–water partition coefficient (Wildman–Crippen LogP) is 3.85. The minimum absolute atomic E-state index is 0. The molecule has 1 aromatic carbocycles. The molecule has 166 valence electrons. The fraction of sp³-hybridized carbons (Fsp3) is 0.565. The highest BCUT2D eigenvalue weighted by atomic mass is 127. The van der Waals surface area contributed by atoms with E-state index >= 15 is 0 Å². The first-order valence-electron chi connectivity index (χ1n) is 10.5. The summed E-state index contributed by atoms with van der Waals surface area (Å²) in [6.45, 7) is 10.1. The van der Waals surface area contributed by atoms with E-state index < -0.39 is 0 Å². The topological polar surface area (TPSA) is 54.7 Å². The van der Waals surface area contributed by atoms with Crippen molar-refractivity contribution in [3.8, 4) is 5.75 Å². The number of guanidine groups is 1. The van der Waals surface area contributed by atoms with Crippen molar-refractivity contribution in [2.75, 3.05) is 33.3 Å². The maximum absolute atomic E-state index is 5.96. The molecule has 3 rings (SSSR count). The van der Waals surface area contributed by atoms with Crippen LogP contribution in [-0.2, 0) is 18.9 Å². The number of hydrogen-bond donors (Lipinski definition) is 1. The Bertz CT molecular complexity index is 827. The third kappa shape index (κ3) is 6.89. The van der Waals surface area contributed by atoms with E-state index in [0.29, 0.717) is 12.5 Å². The highest BCUT2D eigenvalue weighted by Crippen LogP contribution is 2.25. The maximum atomic E-state index is 5.96. The molecule has 30 heavy (non-hydrogen) atoms. The first-order valence-corrected chi connectivity index (χ1v) is 10.5. The van der Waals surface area contributed by atoms with E-state index in [9.17, 15) is 0 Å². The van der Waals surface area contributed by atoms with Gasteiger partial charge in [-0.25, -0.2) is 0 Å². The molecule has 1 unspecified atom stereocenters. The number of hydrogen-bond acceptors (Lipinski definition) is 3. The van der Waals surface area contributed by atoms with Crippen LogP contribution in [0.15, 0.2) is 41.7 Å². The Hall–Kier alpha value is -1.77. The second-order valence-corrected chi connectivity index (χ2v) is 8.93. The summed E-state index contributed by atoms with van der Waals surface area (Å²) in [4.78, 5) is 6.81. The average Bonchev–Trinajstić information content (AvgIpc) is 3.31. The highest BCUT2D eigenvalue weighted by Gasteiger charge is 2.25. The van der Waals surface area contributed by atoms with Gasteiger partial charge >= 0.3 is 0 Å². The number of ether oxygens (including phenoxy) is 1. The molecule has 1 aliphatic rings. The van der Waals surface area contributed by atoms with E-state index in [1.807, 2.05) is 31.0 Å². The number of benzene rings is 1. The molecule has 1 aliphatic heterocycles. The van der Waals surface area contributed by atoms with Crippen LogP contribution in [0.4, 0.5) is 0 Å². The fourth-order valence-corrected chi connectivity index (χ4v) is 3.82. The molecule has 1 aromatic heterocycles. The van der Waals surface area contributed by atoms with Gasteiger partial charge in [-0.1, -0.05) is 32.9 Å². The number of aliphatic imine (C=N–C) groups is 1. The zero-order valence-electron chi connectivity index (χ0n) is 18.9. The molecule has 2 heterocycles. The summed E-state index contributed by atoms with van der Waals surface area (Å²) < 4.78 is 7.83. The largest absolute Gasteiger partial charge is 0.492 e. The lowest BCUT2D eigenvalue weighted by atomic mass is 9.87. The second kappa shape index (κ2) is 11.0. The molecule has 0 amide bonds. The van der Waals surface area contributed by atoms with E-state index in [4.69, 9.17) is 4.74 Å². The molecular weight excluding hydrogens is 489 g/mol. The van der Waals surface area contributed by atoms with Gasteiger partial charge in [0.05, 0.1) is 12.7 Å². The smallest absolute Gasteiger partial charge is 0.193 e. The maximum Gasteiger partial charge on any atom is 0.193 e. The first-order chi connectivity index (χ1) is 13.8. The van der Waals surface area contributed by atoms with Crippen molar-refractivity contribution in [1.29, 1.82) is 0 Å². The molecule has 0 aliphatic carbocycles. The van der Waals surface area contributed by atoms with Crippen molar-refractivity contribution in [2.24, 2.45) is 18.0 Å². The SMILES string of the molecule is CN=C(NCCOc1cccc(C(C)(C)C)c1)N1CCC(Cc2cnn(C)c2)C1.I. The van der Waals surface area contributed by atoms with E-state index in [-0.39, 0.29) is 29.4 Å². The average molecular weight is 525 g/mol. The van der Waals surface area contributed by atoms with Crippen LogP contribution in [0.3, 0.4) is 0 Å². The van der Waals surface area contributed by atoms with Crippen molar-refractivity contribution >= 4 is 29.9 Å². The van der Waals surface area contributed by atoms with Crippen LogP contribution < -0.4 is 10.1 Å². The van der Waals surface area contributed by atoms with E-state index in [0.717, 1.165) is 37.8 Å². The van der Waals surface area contributed by atoms with Crippen LogP contribution >= 0.6 is 24.0 Å². The van der Waals surface area contributed by atoms with E-state index in [2.05, 4.69) is 65.5 Å².